The average molecular weight is 292 g/mol. The van der Waals surface area contributed by atoms with Crippen LogP contribution in [0.1, 0.15) is 44.7 Å². The summed E-state index contributed by atoms with van der Waals surface area (Å²) < 4.78 is 11.0. The first-order chi connectivity index (χ1) is 10.1. The number of nitrogens with one attached hydrogen (secondary N) is 1. The van der Waals surface area contributed by atoms with Gasteiger partial charge in [0.05, 0.1) is 6.04 Å². The molecule has 1 aliphatic rings. The summed E-state index contributed by atoms with van der Waals surface area (Å²) >= 11 is 0. The maximum Gasteiger partial charge on any atom is 0.222 e. The van der Waals surface area contributed by atoms with Gasteiger partial charge in [0.25, 0.3) is 0 Å². The van der Waals surface area contributed by atoms with Crippen molar-refractivity contribution in [2.24, 2.45) is 5.73 Å². The van der Waals surface area contributed by atoms with E-state index in [4.69, 9.17) is 15.2 Å². The van der Waals surface area contributed by atoms with Gasteiger partial charge < -0.3 is 20.5 Å². The van der Waals surface area contributed by atoms with Crippen molar-refractivity contribution >= 4 is 5.91 Å². The van der Waals surface area contributed by atoms with Crippen LogP contribution in [0.15, 0.2) is 18.2 Å². The van der Waals surface area contributed by atoms with Gasteiger partial charge in [-0.2, -0.15) is 0 Å². The highest BCUT2D eigenvalue weighted by Gasteiger charge is 2.16. The lowest BCUT2D eigenvalue weighted by Crippen LogP contribution is -2.33. The van der Waals surface area contributed by atoms with Gasteiger partial charge in [-0.05, 0) is 31.0 Å². The summed E-state index contributed by atoms with van der Waals surface area (Å²) in [5.74, 6) is 1.48. The van der Waals surface area contributed by atoms with Gasteiger partial charge >= 0.3 is 0 Å². The Bertz CT molecular complexity index is 490. The SMILES string of the molecule is CCCC(N)CC(=O)NC(C)c1ccc2c(c1)OCCO2. The Morgan fingerprint density at radius 1 is 1.33 bits per heavy atom. The van der Waals surface area contributed by atoms with E-state index in [-0.39, 0.29) is 18.0 Å². The molecule has 0 bridgehead atoms. The normalized spacial score (nSPS) is 16.1. The maximum absolute atomic E-state index is 12.0. The lowest BCUT2D eigenvalue weighted by molar-refractivity contribution is -0.122. The molecule has 21 heavy (non-hydrogen) atoms. The molecular formula is C16H24N2O3. The summed E-state index contributed by atoms with van der Waals surface area (Å²) in [4.78, 5) is 12.0. The van der Waals surface area contributed by atoms with Crippen molar-refractivity contribution in [1.82, 2.24) is 5.32 Å². The Morgan fingerprint density at radius 2 is 2.05 bits per heavy atom. The van der Waals surface area contributed by atoms with E-state index >= 15 is 0 Å². The second-order valence-corrected chi connectivity index (χ2v) is 5.45. The van der Waals surface area contributed by atoms with Crippen LogP contribution in [0, 0.1) is 0 Å². The number of benzene rings is 1. The Hall–Kier alpha value is -1.75. The van der Waals surface area contributed by atoms with Gasteiger partial charge in [-0.15, -0.1) is 0 Å². The fraction of sp³-hybridized carbons (Fsp3) is 0.562. The molecule has 2 atom stereocenters. The number of fused-ring (bicyclic) bond motifs is 1. The van der Waals surface area contributed by atoms with Gasteiger partial charge in [0, 0.05) is 12.5 Å². The summed E-state index contributed by atoms with van der Waals surface area (Å²) in [6, 6.07) is 5.61. The van der Waals surface area contributed by atoms with Gasteiger partial charge in [-0.25, -0.2) is 0 Å². The van der Waals surface area contributed by atoms with Crippen LogP contribution >= 0.6 is 0 Å². The highest BCUT2D eigenvalue weighted by Crippen LogP contribution is 2.32. The lowest BCUT2D eigenvalue weighted by atomic mass is 10.1. The van der Waals surface area contributed by atoms with E-state index in [1.54, 1.807) is 0 Å². The first-order valence-corrected chi connectivity index (χ1v) is 7.54. The summed E-state index contributed by atoms with van der Waals surface area (Å²) in [6.45, 7) is 5.15. The van der Waals surface area contributed by atoms with E-state index in [0.717, 1.165) is 29.9 Å². The molecule has 0 saturated heterocycles. The van der Waals surface area contributed by atoms with Crippen molar-refractivity contribution in [3.05, 3.63) is 23.8 Å². The number of rotatable bonds is 6. The predicted molar refractivity (Wildman–Crippen MR) is 81.5 cm³/mol. The standard InChI is InChI=1S/C16H24N2O3/c1-3-4-13(17)10-16(19)18-11(2)12-5-6-14-15(9-12)21-8-7-20-14/h5-6,9,11,13H,3-4,7-8,10,17H2,1-2H3,(H,18,19). The van der Waals surface area contributed by atoms with Crippen molar-refractivity contribution in [2.75, 3.05) is 13.2 Å². The van der Waals surface area contributed by atoms with Crippen LogP contribution in [0.4, 0.5) is 0 Å². The number of ether oxygens (including phenoxy) is 2. The zero-order valence-electron chi connectivity index (χ0n) is 12.7. The number of carbonyl (C=O) groups excluding carboxylic acids is 1. The third-order valence-corrected chi connectivity index (χ3v) is 3.55. The first kappa shape index (κ1) is 15.6. The fourth-order valence-corrected chi connectivity index (χ4v) is 2.42. The molecular weight excluding hydrogens is 268 g/mol. The van der Waals surface area contributed by atoms with E-state index in [2.05, 4.69) is 12.2 Å². The largest absolute Gasteiger partial charge is 0.486 e. The van der Waals surface area contributed by atoms with Crippen LogP contribution in [-0.4, -0.2) is 25.2 Å². The van der Waals surface area contributed by atoms with Crippen molar-refractivity contribution < 1.29 is 14.3 Å². The summed E-state index contributed by atoms with van der Waals surface area (Å²) in [5, 5.41) is 2.98. The van der Waals surface area contributed by atoms with E-state index in [0.29, 0.717) is 19.6 Å². The zero-order chi connectivity index (χ0) is 15.2. The Kier molecular flexibility index (Phi) is 5.44. The van der Waals surface area contributed by atoms with Gasteiger partial charge in [-0.3, -0.25) is 4.79 Å². The molecule has 1 aliphatic heterocycles. The van der Waals surface area contributed by atoms with E-state index in [9.17, 15) is 4.79 Å². The van der Waals surface area contributed by atoms with Crippen molar-refractivity contribution in [1.29, 1.82) is 0 Å². The van der Waals surface area contributed by atoms with Crippen LogP contribution in [0.5, 0.6) is 11.5 Å². The van der Waals surface area contributed by atoms with E-state index < -0.39 is 0 Å². The number of nitrogens with two attached hydrogens (primary N) is 1. The zero-order valence-corrected chi connectivity index (χ0v) is 12.7. The van der Waals surface area contributed by atoms with Crippen LogP contribution in [0.3, 0.4) is 0 Å². The average Bonchev–Trinajstić information content (AvgIpc) is 2.46. The summed E-state index contributed by atoms with van der Waals surface area (Å²) in [6.07, 6.45) is 2.22. The minimum absolute atomic E-state index is 0.0154. The van der Waals surface area contributed by atoms with Crippen LogP contribution in [0.2, 0.25) is 0 Å². The molecule has 0 aromatic heterocycles. The van der Waals surface area contributed by atoms with Crippen molar-refractivity contribution in [3.8, 4) is 11.5 Å². The maximum atomic E-state index is 12.0. The second-order valence-electron chi connectivity index (χ2n) is 5.45. The van der Waals surface area contributed by atoms with Crippen molar-refractivity contribution in [3.63, 3.8) is 0 Å². The number of amides is 1. The Morgan fingerprint density at radius 3 is 2.76 bits per heavy atom. The van der Waals surface area contributed by atoms with Crippen LogP contribution < -0.4 is 20.5 Å². The number of hydrogen-bond acceptors (Lipinski definition) is 4. The third-order valence-electron chi connectivity index (χ3n) is 3.55. The van der Waals surface area contributed by atoms with Crippen molar-refractivity contribution in [2.45, 2.75) is 45.2 Å². The fourth-order valence-electron chi connectivity index (χ4n) is 2.42. The monoisotopic (exact) mass is 292 g/mol. The summed E-state index contributed by atoms with van der Waals surface area (Å²) in [5.41, 5.74) is 6.89. The molecule has 0 saturated carbocycles. The minimum atomic E-state index is -0.0813. The molecule has 1 aromatic carbocycles. The van der Waals surface area contributed by atoms with Gasteiger partial charge in [-0.1, -0.05) is 19.4 Å². The predicted octanol–water partition coefficient (Wildman–Crippen LogP) is 2.15. The topological polar surface area (TPSA) is 73.6 Å². The molecule has 116 valence electrons. The molecule has 1 aromatic rings. The highest BCUT2D eigenvalue weighted by molar-refractivity contribution is 5.77. The molecule has 0 fully saturated rings. The van der Waals surface area contributed by atoms with Gasteiger partial charge in [0.2, 0.25) is 5.91 Å². The van der Waals surface area contributed by atoms with Gasteiger partial charge in [0.15, 0.2) is 11.5 Å². The quantitative estimate of drug-likeness (QED) is 0.842. The third kappa shape index (κ3) is 4.36. The lowest BCUT2D eigenvalue weighted by Gasteiger charge is -2.21. The van der Waals surface area contributed by atoms with E-state index in [1.807, 2.05) is 25.1 Å². The molecule has 5 nitrogen and oxygen atoms in total. The molecule has 1 amide bonds. The van der Waals surface area contributed by atoms with Crippen LogP contribution in [0.25, 0.3) is 0 Å². The summed E-state index contributed by atoms with van der Waals surface area (Å²) in [7, 11) is 0. The molecule has 0 aliphatic carbocycles. The molecule has 1 heterocycles. The molecule has 2 rings (SSSR count). The molecule has 2 unspecified atom stereocenters. The molecule has 3 N–H and O–H groups in total. The number of carbonyl (C=O) groups is 1. The Labute approximate surface area is 125 Å². The van der Waals surface area contributed by atoms with Crippen LogP contribution in [-0.2, 0) is 4.79 Å². The van der Waals surface area contributed by atoms with Gasteiger partial charge in [0.1, 0.15) is 13.2 Å². The molecule has 0 spiro atoms. The number of hydrogen-bond donors (Lipinski definition) is 2. The minimum Gasteiger partial charge on any atom is -0.486 e. The highest BCUT2D eigenvalue weighted by atomic mass is 16.6. The first-order valence-electron chi connectivity index (χ1n) is 7.54. The molecule has 0 radical (unpaired) electrons. The Balaban J connectivity index is 1.93. The molecule has 5 heteroatoms. The van der Waals surface area contributed by atoms with E-state index in [1.165, 1.54) is 0 Å². The smallest absolute Gasteiger partial charge is 0.222 e. The second kappa shape index (κ2) is 7.31.